The molecule has 0 spiro atoms. The summed E-state index contributed by atoms with van der Waals surface area (Å²) in [6, 6.07) is 2.00. The molecule has 1 saturated carbocycles. The molecule has 1 aromatic carbocycles. The first-order valence-electron chi connectivity index (χ1n) is 16.1. The molecule has 1 aromatic rings. The highest BCUT2D eigenvalue weighted by atomic mass is 32.2. The van der Waals surface area contributed by atoms with Crippen molar-refractivity contribution in [2.75, 3.05) is 20.1 Å². The number of ether oxygens (including phenoxy) is 2. The number of sulfonamides is 1. The van der Waals surface area contributed by atoms with Crippen LogP contribution in [0.5, 0.6) is 0 Å². The molecule has 4 rings (SSSR count). The summed E-state index contributed by atoms with van der Waals surface area (Å²) in [7, 11) is -2.42. The van der Waals surface area contributed by atoms with Crippen molar-refractivity contribution in [3.63, 3.8) is 0 Å². The third kappa shape index (κ3) is 8.86. The van der Waals surface area contributed by atoms with Crippen molar-refractivity contribution in [2.24, 2.45) is 0 Å². The Morgan fingerprint density at radius 3 is 2.41 bits per heavy atom. The van der Waals surface area contributed by atoms with Gasteiger partial charge in [-0.2, -0.15) is 0 Å². The summed E-state index contributed by atoms with van der Waals surface area (Å²) in [5.74, 6) is -3.02. The second kappa shape index (κ2) is 14.7. The van der Waals surface area contributed by atoms with Crippen LogP contribution in [-0.4, -0.2) is 103 Å². The van der Waals surface area contributed by atoms with Gasteiger partial charge in [-0.25, -0.2) is 22.4 Å². The van der Waals surface area contributed by atoms with Crippen LogP contribution in [0, 0.1) is 5.82 Å². The molecule has 3 aliphatic rings. The first-order valence-corrected chi connectivity index (χ1v) is 17.7. The lowest BCUT2D eigenvalue weighted by Crippen LogP contribution is -2.62. The summed E-state index contributed by atoms with van der Waals surface area (Å²) in [5.41, 5.74) is -1.74. The summed E-state index contributed by atoms with van der Waals surface area (Å²) in [5, 5.41) is 7.21. The van der Waals surface area contributed by atoms with Crippen molar-refractivity contribution in [3.8, 4) is 0 Å². The van der Waals surface area contributed by atoms with Crippen molar-refractivity contribution in [2.45, 2.75) is 101 Å². The van der Waals surface area contributed by atoms with E-state index in [9.17, 15) is 36.8 Å². The van der Waals surface area contributed by atoms with Gasteiger partial charge in [0.2, 0.25) is 21.8 Å². The van der Waals surface area contributed by atoms with Gasteiger partial charge in [0.25, 0.3) is 5.91 Å². The van der Waals surface area contributed by atoms with E-state index in [-0.39, 0.29) is 39.0 Å². The van der Waals surface area contributed by atoms with Crippen molar-refractivity contribution in [1.82, 2.24) is 30.5 Å². The summed E-state index contributed by atoms with van der Waals surface area (Å²) >= 11 is 0. The smallest absolute Gasteiger partial charge is 0.410 e. The first-order chi connectivity index (χ1) is 22.9. The maximum Gasteiger partial charge on any atom is 0.410 e. The quantitative estimate of drug-likeness (QED) is 0.231. The van der Waals surface area contributed by atoms with E-state index in [2.05, 4.69) is 22.5 Å². The van der Waals surface area contributed by atoms with Crippen LogP contribution in [0.25, 0.3) is 0 Å². The van der Waals surface area contributed by atoms with Gasteiger partial charge >= 0.3 is 12.2 Å². The van der Waals surface area contributed by atoms with Crippen molar-refractivity contribution < 1.29 is 46.3 Å². The molecule has 2 fully saturated rings. The molecular weight excluding hydrogens is 663 g/mol. The van der Waals surface area contributed by atoms with Gasteiger partial charge in [0, 0.05) is 25.1 Å². The number of benzene rings is 1. The first kappa shape index (κ1) is 37.6. The van der Waals surface area contributed by atoms with Crippen molar-refractivity contribution in [1.29, 1.82) is 0 Å². The lowest BCUT2D eigenvalue weighted by Gasteiger charge is -2.33. The van der Waals surface area contributed by atoms with Crippen LogP contribution in [0.1, 0.15) is 64.5 Å². The Labute approximate surface area is 285 Å². The van der Waals surface area contributed by atoms with Gasteiger partial charge in [-0.1, -0.05) is 25.1 Å². The number of halogens is 1. The van der Waals surface area contributed by atoms with Gasteiger partial charge in [-0.3, -0.25) is 24.0 Å². The third-order valence-electron chi connectivity index (χ3n) is 8.55. The predicted octanol–water partition coefficient (Wildman–Crippen LogP) is 1.42. The number of alkyl carbamates (subject to hydrolysis) is 1. The van der Waals surface area contributed by atoms with Gasteiger partial charge in [-0.15, -0.1) is 6.58 Å². The SMILES string of the molecule is C=C[C@@](CC)(NC(=O)C1C[C@@H](OC(=O)N2Cc3cccc(F)c3C2)CN1C(=O)[C@H](CNC)NC(=O)OC(C)(C)C)C(=O)NS(=O)(=O)C1CC1. The molecule has 1 unspecified atom stereocenters. The largest absolute Gasteiger partial charge is 0.444 e. The second-order valence-corrected chi connectivity index (χ2v) is 15.4. The molecule has 49 heavy (non-hydrogen) atoms. The van der Waals surface area contributed by atoms with E-state index in [0.717, 1.165) is 11.0 Å². The van der Waals surface area contributed by atoms with E-state index in [1.165, 1.54) is 11.0 Å². The average Bonchev–Trinajstić information content (AvgIpc) is 3.66. The maximum absolute atomic E-state index is 14.3. The predicted molar refractivity (Wildman–Crippen MR) is 175 cm³/mol. The molecule has 15 nitrogen and oxygen atoms in total. The van der Waals surface area contributed by atoms with Crippen LogP contribution in [0.2, 0.25) is 0 Å². The molecule has 0 radical (unpaired) electrons. The molecule has 0 bridgehead atoms. The van der Waals surface area contributed by atoms with Crippen LogP contribution in [0.4, 0.5) is 14.0 Å². The Bertz CT molecular complexity index is 1600. The summed E-state index contributed by atoms with van der Waals surface area (Å²) in [6.07, 6.45) is -1.02. The molecule has 4 N–H and O–H groups in total. The molecule has 270 valence electrons. The monoisotopic (exact) mass is 708 g/mol. The molecule has 17 heteroatoms. The van der Waals surface area contributed by atoms with Gasteiger partial charge in [0.05, 0.1) is 18.3 Å². The zero-order valence-electron chi connectivity index (χ0n) is 28.3. The Kier molecular flexibility index (Phi) is 11.3. The minimum Gasteiger partial charge on any atom is -0.444 e. The zero-order chi connectivity index (χ0) is 36.3. The molecule has 2 aliphatic heterocycles. The summed E-state index contributed by atoms with van der Waals surface area (Å²) in [6.45, 7) is 9.94. The number of fused-ring (bicyclic) bond motifs is 1. The van der Waals surface area contributed by atoms with Gasteiger partial charge in [0.15, 0.2) is 0 Å². The molecule has 1 aliphatic carbocycles. The number of likely N-dealkylation sites (tertiary alicyclic amines) is 1. The van der Waals surface area contributed by atoms with E-state index in [1.807, 2.05) is 4.72 Å². The van der Waals surface area contributed by atoms with Crippen molar-refractivity contribution in [3.05, 3.63) is 47.8 Å². The third-order valence-corrected chi connectivity index (χ3v) is 10.4. The number of likely N-dealkylation sites (N-methyl/N-ethyl adjacent to an activating group) is 1. The van der Waals surface area contributed by atoms with E-state index in [4.69, 9.17) is 9.47 Å². The fourth-order valence-corrected chi connectivity index (χ4v) is 7.10. The number of carbonyl (C=O) groups is 5. The minimum atomic E-state index is -3.97. The zero-order valence-corrected chi connectivity index (χ0v) is 29.2. The lowest BCUT2D eigenvalue weighted by molar-refractivity contribution is -0.141. The number of nitrogens with one attached hydrogen (secondary N) is 4. The van der Waals surface area contributed by atoms with Gasteiger partial charge in [0.1, 0.15) is 35.1 Å². The highest BCUT2D eigenvalue weighted by Crippen LogP contribution is 2.30. The number of nitrogens with zero attached hydrogens (tertiary/aromatic N) is 2. The fraction of sp³-hybridized carbons (Fsp3) is 0.594. The van der Waals surface area contributed by atoms with Crippen molar-refractivity contribution >= 4 is 39.9 Å². The number of amides is 5. The van der Waals surface area contributed by atoms with E-state index < -0.39 is 80.3 Å². The normalized spacial score (nSPS) is 20.8. The fourth-order valence-electron chi connectivity index (χ4n) is 5.74. The molecule has 1 saturated heterocycles. The van der Waals surface area contributed by atoms with E-state index in [1.54, 1.807) is 46.9 Å². The molecule has 5 amide bonds. The number of hydrogen-bond donors (Lipinski definition) is 4. The molecule has 0 aromatic heterocycles. The topological polar surface area (TPSA) is 193 Å². The molecule has 2 heterocycles. The minimum absolute atomic E-state index is 0.0264. The van der Waals surface area contributed by atoms with Crippen LogP contribution in [0.3, 0.4) is 0 Å². The Morgan fingerprint density at radius 2 is 1.84 bits per heavy atom. The second-order valence-electron chi connectivity index (χ2n) is 13.4. The lowest BCUT2D eigenvalue weighted by atomic mass is 9.94. The Morgan fingerprint density at radius 1 is 1.14 bits per heavy atom. The van der Waals surface area contributed by atoms with Crippen LogP contribution >= 0.6 is 0 Å². The van der Waals surface area contributed by atoms with Gasteiger partial charge in [-0.05, 0) is 58.7 Å². The highest BCUT2D eigenvalue weighted by molar-refractivity contribution is 7.91. The maximum atomic E-state index is 14.3. The van der Waals surface area contributed by atoms with Crippen LogP contribution in [-0.2, 0) is 47.0 Å². The Hall–Kier alpha value is -4.25. The standard InChI is InChI=1S/C32H45FN6O9S/c1-7-32(8-2,28(42)37-49(45,46)21-12-13-21)36-26(40)25-14-20(47-30(44)38-16-19-10-9-11-23(33)22(19)18-38)17-39(25)27(41)24(15-34-6)35-29(43)48-31(3,4)5/h7,9-11,20-21,24-25,34H,1,8,12-18H2,2-6H3,(H,35,43)(H,36,40)(H,37,42)/t20-,24+,25?,32+/m1/s1. The number of rotatable bonds is 12. The van der Waals surface area contributed by atoms with Crippen LogP contribution < -0.4 is 20.7 Å². The summed E-state index contributed by atoms with van der Waals surface area (Å²) < 4.78 is 52.6. The number of carbonyl (C=O) groups excluding carboxylic acids is 5. The van der Waals surface area contributed by atoms with E-state index >= 15 is 0 Å². The molecular formula is C32H45FN6O9S. The number of hydrogen-bond acceptors (Lipinski definition) is 10. The summed E-state index contributed by atoms with van der Waals surface area (Å²) in [4.78, 5) is 69.6. The van der Waals surface area contributed by atoms with Gasteiger partial charge < -0.3 is 30.3 Å². The highest BCUT2D eigenvalue weighted by Gasteiger charge is 2.48. The van der Waals surface area contributed by atoms with Crippen LogP contribution in [0.15, 0.2) is 30.9 Å². The average molecular weight is 709 g/mol. The molecule has 4 atom stereocenters. The van der Waals surface area contributed by atoms with E-state index in [0.29, 0.717) is 24.0 Å². The Balaban J connectivity index is 1.57.